The first kappa shape index (κ1) is 22.9. The highest BCUT2D eigenvalue weighted by Crippen LogP contribution is 2.35. The van der Waals surface area contributed by atoms with Gasteiger partial charge in [-0.25, -0.2) is 0 Å². The van der Waals surface area contributed by atoms with Gasteiger partial charge in [0.15, 0.2) is 0 Å². The molecule has 174 valence electrons. The number of amides is 2. The molecule has 2 amide bonds. The summed E-state index contributed by atoms with van der Waals surface area (Å²) in [6.07, 6.45) is 9.92. The minimum atomic E-state index is -0.529. The van der Waals surface area contributed by atoms with Gasteiger partial charge in [0.25, 0.3) is 5.91 Å². The summed E-state index contributed by atoms with van der Waals surface area (Å²) in [5, 5.41) is 5.93. The second-order valence-corrected chi connectivity index (χ2v) is 8.74. The Labute approximate surface area is 194 Å². The first-order valence-electron chi connectivity index (χ1n) is 11.5. The second-order valence-electron chi connectivity index (χ2n) is 8.74. The molecule has 1 aromatic carbocycles. The predicted octanol–water partition coefficient (Wildman–Crippen LogP) is 2.25. The van der Waals surface area contributed by atoms with E-state index in [1.807, 2.05) is 37.4 Å². The van der Waals surface area contributed by atoms with Gasteiger partial charge < -0.3 is 15.4 Å². The monoisotopic (exact) mass is 449 g/mol. The highest BCUT2D eigenvalue weighted by Gasteiger charge is 2.41. The molecule has 33 heavy (non-hydrogen) atoms. The Hall–Kier alpha value is -3.26. The number of likely N-dealkylation sites (tertiary alicyclic amines) is 1. The highest BCUT2D eigenvalue weighted by atomic mass is 16.5. The number of hydrogen-bond acceptors (Lipinski definition) is 6. The number of ether oxygens (including phenoxy) is 1. The van der Waals surface area contributed by atoms with Gasteiger partial charge in [0.05, 0.1) is 22.4 Å². The molecule has 0 aliphatic carbocycles. The molecule has 0 bridgehead atoms. The van der Waals surface area contributed by atoms with Crippen LogP contribution in [0.4, 0.5) is 0 Å². The second kappa shape index (κ2) is 10.6. The van der Waals surface area contributed by atoms with Gasteiger partial charge in [-0.1, -0.05) is 24.3 Å². The van der Waals surface area contributed by atoms with Crippen LogP contribution < -0.4 is 15.4 Å². The fraction of sp³-hybridized carbons (Fsp3) is 0.440. The van der Waals surface area contributed by atoms with Crippen LogP contribution in [0.3, 0.4) is 0 Å². The van der Waals surface area contributed by atoms with E-state index in [0.717, 1.165) is 30.8 Å². The minimum absolute atomic E-state index is 0.0273. The molecule has 3 heterocycles. The largest absolute Gasteiger partial charge is 0.489 e. The molecule has 1 fully saturated rings. The Morgan fingerprint density at radius 2 is 1.94 bits per heavy atom. The third-order valence-electron chi connectivity index (χ3n) is 6.20. The van der Waals surface area contributed by atoms with Gasteiger partial charge in [-0.3, -0.25) is 24.5 Å². The van der Waals surface area contributed by atoms with E-state index in [1.54, 1.807) is 18.3 Å². The van der Waals surface area contributed by atoms with Crippen molar-refractivity contribution >= 4 is 11.8 Å². The van der Waals surface area contributed by atoms with Crippen molar-refractivity contribution in [3.8, 4) is 5.75 Å². The van der Waals surface area contributed by atoms with Crippen LogP contribution >= 0.6 is 0 Å². The van der Waals surface area contributed by atoms with Crippen molar-refractivity contribution in [3.05, 3.63) is 65.8 Å². The van der Waals surface area contributed by atoms with E-state index in [0.29, 0.717) is 50.5 Å². The quantitative estimate of drug-likeness (QED) is 0.683. The minimum Gasteiger partial charge on any atom is -0.489 e. The summed E-state index contributed by atoms with van der Waals surface area (Å²) >= 11 is 0. The number of carbonyl (C=O) groups is 2. The van der Waals surface area contributed by atoms with Crippen LogP contribution in [0.5, 0.6) is 5.75 Å². The van der Waals surface area contributed by atoms with Crippen molar-refractivity contribution in [1.82, 2.24) is 25.5 Å². The lowest BCUT2D eigenvalue weighted by molar-refractivity contribution is -0.134. The zero-order chi connectivity index (χ0) is 23.1. The average molecular weight is 450 g/mol. The summed E-state index contributed by atoms with van der Waals surface area (Å²) in [6.45, 7) is 5.23. The fourth-order valence-electron chi connectivity index (χ4n) is 4.47. The van der Waals surface area contributed by atoms with Crippen LogP contribution in [0.1, 0.15) is 41.0 Å². The van der Waals surface area contributed by atoms with Gasteiger partial charge >= 0.3 is 0 Å². The third kappa shape index (κ3) is 5.76. The lowest BCUT2D eigenvalue weighted by Crippen LogP contribution is -2.52. The molecule has 2 aromatic rings. The van der Waals surface area contributed by atoms with Gasteiger partial charge in [-0.05, 0) is 44.9 Å². The first-order valence-corrected chi connectivity index (χ1v) is 11.5. The van der Waals surface area contributed by atoms with E-state index in [-0.39, 0.29) is 11.8 Å². The maximum absolute atomic E-state index is 13.3. The number of nitrogens with one attached hydrogen (secondary N) is 2. The highest BCUT2D eigenvalue weighted by molar-refractivity contribution is 5.96. The summed E-state index contributed by atoms with van der Waals surface area (Å²) < 4.78 is 5.84. The van der Waals surface area contributed by atoms with Crippen molar-refractivity contribution in [2.75, 3.05) is 32.8 Å². The number of fused-ring (bicyclic) bond motifs is 1. The molecule has 0 radical (unpaired) electrons. The molecule has 1 spiro atoms. The van der Waals surface area contributed by atoms with E-state index in [4.69, 9.17) is 4.74 Å². The van der Waals surface area contributed by atoms with Crippen LogP contribution in [0.25, 0.3) is 0 Å². The number of para-hydroxylation sites is 1. The van der Waals surface area contributed by atoms with Crippen molar-refractivity contribution < 1.29 is 14.3 Å². The molecular weight excluding hydrogens is 418 g/mol. The van der Waals surface area contributed by atoms with E-state index in [2.05, 4.69) is 25.5 Å². The third-order valence-corrected chi connectivity index (χ3v) is 6.20. The molecule has 0 saturated carbocycles. The van der Waals surface area contributed by atoms with Gasteiger partial charge in [-0.15, -0.1) is 0 Å². The molecule has 8 heteroatoms. The Kier molecular flexibility index (Phi) is 7.34. The summed E-state index contributed by atoms with van der Waals surface area (Å²) in [4.78, 5) is 37.0. The van der Waals surface area contributed by atoms with Gasteiger partial charge in [-0.2, -0.15) is 0 Å². The van der Waals surface area contributed by atoms with Crippen LogP contribution in [0.15, 0.2) is 48.8 Å². The molecule has 0 unspecified atom stereocenters. The molecule has 2 aliphatic heterocycles. The Bertz CT molecular complexity index is 1010. The predicted molar refractivity (Wildman–Crippen MR) is 125 cm³/mol. The topological polar surface area (TPSA) is 96.5 Å². The number of aromatic nitrogens is 2. The number of rotatable bonds is 2. The molecule has 2 N–H and O–H groups in total. The SMILES string of the molecule is Cc1cnc(CN2CCC[C@@]3(C/C=C/COc4ccccc4C(=O)NCCNC3=O)C2)cn1. The zero-order valence-electron chi connectivity index (χ0n) is 19.0. The van der Waals surface area contributed by atoms with Crippen molar-refractivity contribution in [2.24, 2.45) is 5.41 Å². The van der Waals surface area contributed by atoms with Crippen LogP contribution in [-0.4, -0.2) is 59.5 Å². The Balaban J connectivity index is 1.49. The van der Waals surface area contributed by atoms with Gasteiger partial charge in [0.1, 0.15) is 12.4 Å². The number of piperidine rings is 1. The standard InChI is InChI=1S/C25H31N5O3/c1-19-15-29-20(16-28-19)17-30-13-6-10-25(18-30)9-4-5-14-33-22-8-3-2-7-21(22)23(31)26-11-12-27-24(25)32/h2-5,7-8,15-16H,6,9-14,17-18H2,1H3,(H,26,31)(H,27,32)/b5-4+/t25-/m0/s1. The molecule has 1 aromatic heterocycles. The maximum atomic E-state index is 13.3. The smallest absolute Gasteiger partial charge is 0.255 e. The van der Waals surface area contributed by atoms with E-state index >= 15 is 0 Å². The van der Waals surface area contributed by atoms with Crippen molar-refractivity contribution in [2.45, 2.75) is 32.7 Å². The number of allylic oxidation sites excluding steroid dienone is 1. The lowest BCUT2D eigenvalue weighted by Gasteiger charge is -2.41. The molecule has 1 atom stereocenters. The Morgan fingerprint density at radius 1 is 1.09 bits per heavy atom. The van der Waals surface area contributed by atoms with E-state index in [1.165, 1.54) is 0 Å². The summed E-state index contributed by atoms with van der Waals surface area (Å²) in [5.74, 6) is 0.372. The number of hydrogen-bond donors (Lipinski definition) is 2. The maximum Gasteiger partial charge on any atom is 0.255 e. The van der Waals surface area contributed by atoms with E-state index < -0.39 is 5.41 Å². The van der Waals surface area contributed by atoms with E-state index in [9.17, 15) is 9.59 Å². The van der Waals surface area contributed by atoms with Gasteiger partial charge in [0.2, 0.25) is 5.91 Å². The number of carbonyl (C=O) groups excluding carboxylic acids is 2. The molecule has 1 saturated heterocycles. The Morgan fingerprint density at radius 3 is 2.79 bits per heavy atom. The molecule has 4 rings (SSSR count). The van der Waals surface area contributed by atoms with Crippen LogP contribution in [0.2, 0.25) is 0 Å². The van der Waals surface area contributed by atoms with Crippen LogP contribution in [0, 0.1) is 12.3 Å². The van der Waals surface area contributed by atoms with Crippen molar-refractivity contribution in [1.29, 1.82) is 0 Å². The number of benzene rings is 1. The van der Waals surface area contributed by atoms with Crippen LogP contribution in [-0.2, 0) is 11.3 Å². The zero-order valence-corrected chi connectivity index (χ0v) is 19.0. The normalized spacial score (nSPS) is 23.5. The number of nitrogens with zero attached hydrogens (tertiary/aromatic N) is 3. The fourth-order valence-corrected chi connectivity index (χ4v) is 4.47. The summed E-state index contributed by atoms with van der Waals surface area (Å²) in [7, 11) is 0. The molecule has 8 nitrogen and oxygen atoms in total. The van der Waals surface area contributed by atoms with Gasteiger partial charge in [0, 0.05) is 38.6 Å². The molecule has 2 aliphatic rings. The average Bonchev–Trinajstić information content (AvgIpc) is 2.83. The van der Waals surface area contributed by atoms with Crippen molar-refractivity contribution in [3.63, 3.8) is 0 Å². The lowest BCUT2D eigenvalue weighted by atomic mass is 9.76. The number of aryl methyl sites for hydroxylation is 1. The summed E-state index contributed by atoms with van der Waals surface area (Å²) in [6, 6.07) is 7.19. The summed E-state index contributed by atoms with van der Waals surface area (Å²) in [5.41, 5.74) is 1.76. The first-order chi connectivity index (χ1) is 16.1. The molecular formula is C25H31N5O3.